The molecule has 2 aromatic carbocycles. The molecule has 9 rings (SSSR count). The number of ether oxygens (including phenoxy) is 3. The summed E-state index contributed by atoms with van der Waals surface area (Å²) >= 11 is 0. The van der Waals surface area contributed by atoms with Gasteiger partial charge in [0.05, 0.1) is 55.5 Å². The summed E-state index contributed by atoms with van der Waals surface area (Å²) in [4.78, 5) is 60.8. The number of fused-ring (bicyclic) bond motifs is 3. The van der Waals surface area contributed by atoms with Crippen molar-refractivity contribution in [1.29, 1.82) is 0 Å². The van der Waals surface area contributed by atoms with Crippen molar-refractivity contribution in [1.82, 2.24) is 40.4 Å². The molecule has 15 heteroatoms. The molecule has 13 atom stereocenters. The first kappa shape index (κ1) is 42.1. The fourth-order valence-corrected chi connectivity index (χ4v) is 10.7. The number of aliphatic hydroxyl groups is 1. The van der Waals surface area contributed by atoms with Crippen molar-refractivity contribution < 1.29 is 33.7 Å². The molecule has 2 aliphatic carbocycles. The number of aromatic nitrogens is 4. The van der Waals surface area contributed by atoms with Gasteiger partial charge in [-0.2, -0.15) is 0 Å². The molecule has 3 aliphatic heterocycles. The van der Waals surface area contributed by atoms with Gasteiger partial charge in [0.15, 0.2) is 0 Å². The first-order valence-corrected chi connectivity index (χ1v) is 22.1. The quantitative estimate of drug-likeness (QED) is 0.0969. The van der Waals surface area contributed by atoms with Crippen molar-refractivity contribution in [3.8, 4) is 23.1 Å². The van der Waals surface area contributed by atoms with Gasteiger partial charge in [-0.15, -0.1) is 0 Å². The molecule has 3 saturated heterocycles. The number of carbonyl (C=O) groups excluding carboxylic acids is 3. The summed E-state index contributed by atoms with van der Waals surface area (Å²) in [6, 6.07) is 10.9. The zero-order valence-corrected chi connectivity index (χ0v) is 36.4. The van der Waals surface area contributed by atoms with Gasteiger partial charge >= 0.3 is 6.09 Å². The number of methoxy groups -OCH3 is 2. The molecule has 5 N–H and O–H groups in total. The van der Waals surface area contributed by atoms with Crippen LogP contribution < -0.4 is 10.6 Å². The number of hydrogen-bond acceptors (Lipinski definition) is 10. The van der Waals surface area contributed by atoms with E-state index in [9.17, 15) is 19.5 Å². The SMILES string of the molecule is COC(=O)N[C@H](C(=O)N1[C@@H]2C[C@@H]2C[C@H]1c1ncc(-c2ccc3cc(C#Cc4cnc([C@@H]5C[C@H]6[C@@H](C)[C@H]6N5C(=O)C(NC(O)OC)[C@H]5C[C@@H](C)O[C@@H](C)C5)[nH]4)ccc3c2)[nH]1)C(C)C. The Labute approximate surface area is 362 Å². The summed E-state index contributed by atoms with van der Waals surface area (Å²) < 4.78 is 16.0. The summed E-state index contributed by atoms with van der Waals surface area (Å²) in [6.07, 6.45) is 5.74. The molecule has 0 radical (unpaired) electrons. The smallest absolute Gasteiger partial charge is 0.407 e. The van der Waals surface area contributed by atoms with E-state index in [1.807, 2.05) is 49.8 Å². The van der Waals surface area contributed by atoms with Gasteiger partial charge in [0.25, 0.3) is 0 Å². The minimum Gasteiger partial charge on any atom is -0.453 e. The molecular formula is C47H58N8O7. The molecule has 3 amide bonds. The average Bonchev–Trinajstić information content (AvgIpc) is 3.73. The number of alkyl carbamates (subject to hydrolysis) is 1. The van der Waals surface area contributed by atoms with E-state index in [2.05, 4.69) is 69.7 Å². The summed E-state index contributed by atoms with van der Waals surface area (Å²) in [5.74, 6) is 8.98. The van der Waals surface area contributed by atoms with E-state index < -0.39 is 24.6 Å². The number of aliphatic hydroxyl groups excluding tert-OH is 1. The number of rotatable bonds is 11. The third-order valence-corrected chi connectivity index (χ3v) is 14.0. The number of nitrogens with zero attached hydrogens (tertiary/aromatic N) is 4. The highest BCUT2D eigenvalue weighted by Crippen LogP contribution is 2.58. The van der Waals surface area contributed by atoms with E-state index in [1.165, 1.54) is 14.2 Å². The van der Waals surface area contributed by atoms with E-state index in [0.29, 0.717) is 42.1 Å². The van der Waals surface area contributed by atoms with Crippen LogP contribution in [0.2, 0.25) is 0 Å². The monoisotopic (exact) mass is 846 g/mol. The van der Waals surface area contributed by atoms with Gasteiger partial charge in [0.2, 0.25) is 18.2 Å². The molecule has 0 bridgehead atoms. The molecule has 2 unspecified atom stereocenters. The number of imidazole rings is 2. The second-order valence-electron chi connectivity index (χ2n) is 18.5. The van der Waals surface area contributed by atoms with Gasteiger partial charge < -0.3 is 44.4 Å². The van der Waals surface area contributed by atoms with E-state index in [0.717, 1.165) is 52.7 Å². The number of amides is 3. The van der Waals surface area contributed by atoms with Crippen LogP contribution in [0.5, 0.6) is 0 Å². The summed E-state index contributed by atoms with van der Waals surface area (Å²) in [7, 11) is 2.72. The summed E-state index contributed by atoms with van der Waals surface area (Å²) in [6.45, 7) is 10.1. The molecular weight excluding hydrogens is 789 g/mol. The molecule has 2 aromatic heterocycles. The molecule has 5 aliphatic rings. The van der Waals surface area contributed by atoms with Crippen molar-refractivity contribution in [2.24, 2.45) is 29.6 Å². The van der Waals surface area contributed by atoms with Crippen LogP contribution in [0.25, 0.3) is 22.0 Å². The topological polar surface area (TPSA) is 187 Å². The van der Waals surface area contributed by atoms with Gasteiger partial charge in [-0.05, 0) is 110 Å². The van der Waals surface area contributed by atoms with Crippen LogP contribution in [0.3, 0.4) is 0 Å². The van der Waals surface area contributed by atoms with E-state index in [-0.39, 0.29) is 60.0 Å². The molecule has 15 nitrogen and oxygen atoms in total. The van der Waals surface area contributed by atoms with Crippen LogP contribution in [-0.4, -0.2) is 110 Å². The Morgan fingerprint density at radius 2 is 1.58 bits per heavy atom. The lowest BCUT2D eigenvalue weighted by atomic mass is 9.85. The van der Waals surface area contributed by atoms with Gasteiger partial charge in [-0.1, -0.05) is 44.9 Å². The maximum atomic E-state index is 14.5. The molecule has 328 valence electrons. The van der Waals surface area contributed by atoms with Crippen LogP contribution in [-0.2, 0) is 23.8 Å². The predicted molar refractivity (Wildman–Crippen MR) is 230 cm³/mol. The van der Waals surface area contributed by atoms with Crippen LogP contribution >= 0.6 is 0 Å². The Kier molecular flexibility index (Phi) is 11.4. The molecule has 0 spiro atoms. The van der Waals surface area contributed by atoms with Gasteiger partial charge in [-0.3, -0.25) is 14.9 Å². The number of benzene rings is 2. The number of nitrogens with one attached hydrogen (secondary N) is 4. The Morgan fingerprint density at radius 3 is 2.32 bits per heavy atom. The lowest BCUT2D eigenvalue weighted by Gasteiger charge is -2.40. The van der Waals surface area contributed by atoms with Crippen molar-refractivity contribution in [3.63, 3.8) is 0 Å². The normalized spacial score (nSPS) is 30.0. The van der Waals surface area contributed by atoms with Crippen molar-refractivity contribution in [2.75, 3.05) is 14.2 Å². The Bertz CT molecular complexity index is 2390. The predicted octanol–water partition coefficient (Wildman–Crippen LogP) is 5.39. The molecule has 2 saturated carbocycles. The largest absolute Gasteiger partial charge is 0.453 e. The van der Waals surface area contributed by atoms with Crippen molar-refractivity contribution in [3.05, 3.63) is 71.7 Å². The zero-order chi connectivity index (χ0) is 43.6. The summed E-state index contributed by atoms with van der Waals surface area (Å²) in [5.41, 5.74) is 3.37. The lowest BCUT2D eigenvalue weighted by molar-refractivity contribution is -0.151. The minimum atomic E-state index is -1.26. The van der Waals surface area contributed by atoms with E-state index in [1.54, 1.807) is 6.20 Å². The van der Waals surface area contributed by atoms with Gasteiger partial charge in [-0.25, -0.2) is 14.8 Å². The highest BCUT2D eigenvalue weighted by Gasteiger charge is 2.62. The third kappa shape index (κ3) is 8.09. The number of piperidine rings is 2. The zero-order valence-electron chi connectivity index (χ0n) is 36.4. The fourth-order valence-electron chi connectivity index (χ4n) is 10.7. The minimum absolute atomic E-state index is 0.00759. The van der Waals surface area contributed by atoms with Crippen molar-refractivity contribution in [2.45, 2.75) is 122 Å². The first-order valence-electron chi connectivity index (χ1n) is 22.1. The third-order valence-electron chi connectivity index (χ3n) is 14.0. The lowest BCUT2D eigenvalue weighted by Crippen LogP contribution is -2.56. The fraction of sp³-hybridized carbons (Fsp3) is 0.553. The Hall–Kier alpha value is -5.27. The van der Waals surface area contributed by atoms with Crippen LogP contribution in [0.15, 0.2) is 48.8 Å². The average molecular weight is 847 g/mol. The number of carbonyl (C=O) groups is 3. The van der Waals surface area contributed by atoms with E-state index >= 15 is 0 Å². The van der Waals surface area contributed by atoms with Gasteiger partial charge in [0.1, 0.15) is 23.4 Å². The highest BCUT2D eigenvalue weighted by atomic mass is 16.6. The van der Waals surface area contributed by atoms with Crippen molar-refractivity contribution >= 4 is 28.7 Å². The van der Waals surface area contributed by atoms with Crippen LogP contribution in [0.4, 0.5) is 4.79 Å². The number of likely N-dealkylation sites (tertiary alicyclic amines) is 2. The Balaban J connectivity index is 0.887. The Morgan fingerprint density at radius 1 is 0.871 bits per heavy atom. The summed E-state index contributed by atoms with van der Waals surface area (Å²) in [5, 5.41) is 18.4. The standard InChI is InChI=1S/C47H58N8O7/c1-23(2)39(52-46(58)60-6)44(56)54-36-18-31(36)19-37(54)43-49-22-35(51-43)30-12-11-28-16-27(8-10-29(28)17-30)9-13-33-21-48-42(50-33)38-20-34-26(5)41(34)55(38)45(57)40(53-47(59)61-7)32-14-24(3)62-25(4)15-32/h8,10-12,16-17,21-26,31-32,34,36-41,47,53,59H,14-15,18-20H2,1-7H3,(H,48,50)(H,49,51)(H,52,58)/t24-,25+,26-,31-,32+,34+,36-,37+,38+,39+,40?,41-,47?/m1/s1. The highest BCUT2D eigenvalue weighted by molar-refractivity contribution is 5.89. The second kappa shape index (κ2) is 16.8. The molecule has 62 heavy (non-hydrogen) atoms. The number of H-pyrrole nitrogens is 2. The second-order valence-corrected chi connectivity index (χ2v) is 18.5. The number of aromatic amines is 2. The first-order chi connectivity index (χ1) is 29.8. The molecule has 4 aromatic rings. The number of hydrogen-bond donors (Lipinski definition) is 5. The van der Waals surface area contributed by atoms with Crippen LogP contribution in [0.1, 0.15) is 102 Å². The van der Waals surface area contributed by atoms with E-state index in [4.69, 9.17) is 24.2 Å². The molecule has 5 fully saturated rings. The maximum Gasteiger partial charge on any atom is 0.407 e. The van der Waals surface area contributed by atoms with Gasteiger partial charge in [0, 0.05) is 30.3 Å². The molecule has 5 heterocycles. The van der Waals surface area contributed by atoms with Crippen LogP contribution in [0, 0.1) is 41.4 Å². The maximum absolute atomic E-state index is 14.5.